The number of ether oxygens (including phenoxy) is 1. The number of hydrogen-bond acceptors (Lipinski definition) is 3. The summed E-state index contributed by atoms with van der Waals surface area (Å²) in [5.74, 6) is 1.25. The molecule has 1 heterocycles. The molecule has 1 saturated heterocycles. The molecule has 1 amide bonds. The Labute approximate surface area is 168 Å². The van der Waals surface area contributed by atoms with Crippen LogP contribution in [0.25, 0.3) is 0 Å². The van der Waals surface area contributed by atoms with Crippen LogP contribution >= 0.6 is 0 Å². The van der Waals surface area contributed by atoms with E-state index in [9.17, 15) is 4.79 Å². The largest absolute Gasteiger partial charge is 0.493 e. The standard InChI is InChI=1S/C24H32N2O2/c1-19(2)18-28-23-11-9-22(10-12-23)24(27)25-14-13-20-5-7-21(8-6-20)17-26-15-3-4-16-26/h5-12,19H,3-4,13-18H2,1-2H3,(H,25,27). The molecule has 150 valence electrons. The first-order chi connectivity index (χ1) is 13.6. The number of likely N-dealkylation sites (tertiary alicyclic amines) is 1. The first kappa shape index (κ1) is 20.4. The normalized spacial score (nSPS) is 14.4. The van der Waals surface area contributed by atoms with Crippen LogP contribution in [-0.4, -0.2) is 37.0 Å². The zero-order valence-corrected chi connectivity index (χ0v) is 17.1. The van der Waals surface area contributed by atoms with Crippen molar-refractivity contribution in [2.24, 2.45) is 5.92 Å². The number of benzene rings is 2. The first-order valence-electron chi connectivity index (χ1n) is 10.4. The molecule has 1 fully saturated rings. The van der Waals surface area contributed by atoms with Crippen molar-refractivity contribution < 1.29 is 9.53 Å². The highest BCUT2D eigenvalue weighted by Gasteiger charge is 2.11. The third-order valence-electron chi connectivity index (χ3n) is 5.03. The van der Waals surface area contributed by atoms with E-state index >= 15 is 0 Å². The molecule has 4 heteroatoms. The van der Waals surface area contributed by atoms with Crippen molar-refractivity contribution in [2.45, 2.75) is 39.7 Å². The maximum Gasteiger partial charge on any atom is 0.251 e. The van der Waals surface area contributed by atoms with Gasteiger partial charge in [-0.05, 0) is 73.7 Å². The average Bonchev–Trinajstić information content (AvgIpc) is 3.21. The molecule has 0 unspecified atom stereocenters. The van der Waals surface area contributed by atoms with Crippen molar-refractivity contribution in [3.63, 3.8) is 0 Å². The van der Waals surface area contributed by atoms with Gasteiger partial charge in [-0.15, -0.1) is 0 Å². The summed E-state index contributed by atoms with van der Waals surface area (Å²) in [6, 6.07) is 16.1. The van der Waals surface area contributed by atoms with E-state index in [0.29, 0.717) is 24.6 Å². The lowest BCUT2D eigenvalue weighted by molar-refractivity contribution is 0.0954. The zero-order chi connectivity index (χ0) is 19.8. The van der Waals surface area contributed by atoms with Gasteiger partial charge in [0.05, 0.1) is 6.61 Å². The summed E-state index contributed by atoms with van der Waals surface area (Å²) in [5.41, 5.74) is 3.29. The van der Waals surface area contributed by atoms with Gasteiger partial charge < -0.3 is 10.1 Å². The predicted octanol–water partition coefficient (Wildman–Crippen LogP) is 4.29. The topological polar surface area (TPSA) is 41.6 Å². The summed E-state index contributed by atoms with van der Waals surface area (Å²) < 4.78 is 5.66. The molecule has 0 spiro atoms. The van der Waals surface area contributed by atoms with Crippen LogP contribution in [0.3, 0.4) is 0 Å². The van der Waals surface area contributed by atoms with Crippen LogP contribution in [0.15, 0.2) is 48.5 Å². The lowest BCUT2D eigenvalue weighted by Crippen LogP contribution is -2.25. The monoisotopic (exact) mass is 380 g/mol. The van der Waals surface area contributed by atoms with Gasteiger partial charge in [0.2, 0.25) is 0 Å². The van der Waals surface area contributed by atoms with Crippen LogP contribution < -0.4 is 10.1 Å². The molecule has 3 rings (SSSR count). The molecule has 0 aromatic heterocycles. The quantitative estimate of drug-likeness (QED) is 0.706. The number of nitrogens with zero attached hydrogens (tertiary/aromatic N) is 1. The van der Waals surface area contributed by atoms with E-state index in [1.54, 1.807) is 0 Å². The van der Waals surface area contributed by atoms with Gasteiger partial charge in [-0.2, -0.15) is 0 Å². The summed E-state index contributed by atoms with van der Waals surface area (Å²) in [5, 5.41) is 3.00. The lowest BCUT2D eigenvalue weighted by atomic mass is 10.1. The molecule has 1 N–H and O–H groups in total. The molecule has 1 aliphatic rings. The second-order valence-corrected chi connectivity index (χ2v) is 8.03. The van der Waals surface area contributed by atoms with Gasteiger partial charge in [0.1, 0.15) is 5.75 Å². The molecule has 0 radical (unpaired) electrons. The van der Waals surface area contributed by atoms with Crippen molar-refractivity contribution in [3.05, 3.63) is 65.2 Å². The summed E-state index contributed by atoms with van der Waals surface area (Å²) >= 11 is 0. The third-order valence-corrected chi connectivity index (χ3v) is 5.03. The molecule has 4 nitrogen and oxygen atoms in total. The summed E-state index contributed by atoms with van der Waals surface area (Å²) in [4.78, 5) is 14.8. The third kappa shape index (κ3) is 6.38. The zero-order valence-electron chi connectivity index (χ0n) is 17.1. The fourth-order valence-corrected chi connectivity index (χ4v) is 3.40. The second-order valence-electron chi connectivity index (χ2n) is 8.03. The highest BCUT2D eigenvalue weighted by molar-refractivity contribution is 5.94. The number of carbonyl (C=O) groups is 1. The van der Waals surface area contributed by atoms with Crippen molar-refractivity contribution >= 4 is 5.91 Å². The van der Waals surface area contributed by atoms with Gasteiger partial charge in [-0.3, -0.25) is 9.69 Å². The fraction of sp³-hybridized carbons (Fsp3) is 0.458. The highest BCUT2D eigenvalue weighted by atomic mass is 16.5. The lowest BCUT2D eigenvalue weighted by Gasteiger charge is -2.14. The maximum atomic E-state index is 12.3. The van der Waals surface area contributed by atoms with Crippen LogP contribution in [-0.2, 0) is 13.0 Å². The van der Waals surface area contributed by atoms with Crippen LogP contribution in [0.5, 0.6) is 5.75 Å². The molecule has 2 aromatic rings. The Balaban J connectivity index is 1.40. The molecule has 1 aliphatic heterocycles. The molecule has 0 atom stereocenters. The van der Waals surface area contributed by atoms with Crippen molar-refractivity contribution in [1.29, 1.82) is 0 Å². The van der Waals surface area contributed by atoms with Crippen molar-refractivity contribution in [3.8, 4) is 5.75 Å². The number of amides is 1. The number of carbonyl (C=O) groups excluding carboxylic acids is 1. The van der Waals surface area contributed by atoms with E-state index in [4.69, 9.17) is 4.74 Å². The predicted molar refractivity (Wildman–Crippen MR) is 114 cm³/mol. The Bertz CT molecular complexity index is 732. The van der Waals surface area contributed by atoms with E-state index in [1.165, 1.54) is 37.1 Å². The summed E-state index contributed by atoms with van der Waals surface area (Å²) in [6.07, 6.45) is 3.49. The number of nitrogens with one attached hydrogen (secondary N) is 1. The summed E-state index contributed by atoms with van der Waals surface area (Å²) in [6.45, 7) is 9.04. The highest BCUT2D eigenvalue weighted by Crippen LogP contribution is 2.14. The van der Waals surface area contributed by atoms with Gasteiger partial charge in [0.15, 0.2) is 0 Å². The Hall–Kier alpha value is -2.33. The van der Waals surface area contributed by atoms with Crippen molar-refractivity contribution in [2.75, 3.05) is 26.2 Å². The van der Waals surface area contributed by atoms with Gasteiger partial charge in [0, 0.05) is 18.7 Å². The van der Waals surface area contributed by atoms with Crippen LogP contribution in [0.2, 0.25) is 0 Å². The maximum absolute atomic E-state index is 12.3. The Kier molecular flexibility index (Phi) is 7.49. The van der Waals surface area contributed by atoms with Crippen LogP contribution in [0.4, 0.5) is 0 Å². The SMILES string of the molecule is CC(C)COc1ccc(C(=O)NCCc2ccc(CN3CCCC3)cc2)cc1. The molecular formula is C24H32N2O2. The fourth-order valence-electron chi connectivity index (χ4n) is 3.40. The molecule has 2 aromatic carbocycles. The average molecular weight is 381 g/mol. The van der Waals surface area contributed by atoms with Crippen molar-refractivity contribution in [1.82, 2.24) is 10.2 Å². The molecule has 0 bridgehead atoms. The Morgan fingerprint density at radius 3 is 2.29 bits per heavy atom. The van der Waals surface area contributed by atoms with Gasteiger partial charge in [0.25, 0.3) is 5.91 Å². The minimum absolute atomic E-state index is 0.0407. The first-order valence-corrected chi connectivity index (χ1v) is 10.4. The molecule has 28 heavy (non-hydrogen) atoms. The van der Waals surface area contributed by atoms with Crippen LogP contribution in [0, 0.1) is 5.92 Å². The molecule has 0 aliphatic carbocycles. The Morgan fingerprint density at radius 2 is 1.64 bits per heavy atom. The van der Waals surface area contributed by atoms with Gasteiger partial charge in [-0.25, -0.2) is 0 Å². The number of hydrogen-bond donors (Lipinski definition) is 1. The minimum Gasteiger partial charge on any atom is -0.493 e. The number of rotatable bonds is 9. The van der Waals surface area contributed by atoms with Gasteiger partial charge >= 0.3 is 0 Å². The smallest absolute Gasteiger partial charge is 0.251 e. The van der Waals surface area contributed by atoms with E-state index in [1.807, 2.05) is 24.3 Å². The van der Waals surface area contributed by atoms with E-state index in [-0.39, 0.29) is 5.91 Å². The van der Waals surface area contributed by atoms with E-state index in [2.05, 4.69) is 48.3 Å². The second kappa shape index (κ2) is 10.3. The van der Waals surface area contributed by atoms with Crippen LogP contribution in [0.1, 0.15) is 48.2 Å². The van der Waals surface area contributed by atoms with Gasteiger partial charge in [-0.1, -0.05) is 38.1 Å². The molecular weight excluding hydrogens is 348 g/mol. The molecule has 0 saturated carbocycles. The minimum atomic E-state index is -0.0407. The summed E-state index contributed by atoms with van der Waals surface area (Å²) in [7, 11) is 0. The Morgan fingerprint density at radius 1 is 1.00 bits per heavy atom. The van der Waals surface area contributed by atoms with E-state index < -0.39 is 0 Å². The van der Waals surface area contributed by atoms with E-state index in [0.717, 1.165) is 18.7 Å².